The average Bonchev–Trinajstić information content (AvgIpc) is 3.36. The summed E-state index contributed by atoms with van der Waals surface area (Å²) in [6.07, 6.45) is 2.31. The van der Waals surface area contributed by atoms with Gasteiger partial charge in [-0.05, 0) is 25.0 Å². The van der Waals surface area contributed by atoms with Gasteiger partial charge in [-0.1, -0.05) is 23.9 Å². The molecule has 1 heterocycles. The maximum absolute atomic E-state index is 12.2. The number of carbonyl (C=O) groups excluding carboxylic acids is 2. The third-order valence-corrected chi connectivity index (χ3v) is 4.77. The molecule has 0 bridgehead atoms. The Morgan fingerprint density at radius 3 is 2.79 bits per heavy atom. The number of carbonyl (C=O) groups is 2. The molecule has 0 unspecified atom stereocenters. The number of aromatic nitrogens is 3. The lowest BCUT2D eigenvalue weighted by Crippen LogP contribution is -2.17. The summed E-state index contributed by atoms with van der Waals surface area (Å²) in [5.74, 6) is 0.978. The Balaban J connectivity index is 1.61. The Morgan fingerprint density at radius 1 is 1.33 bits per heavy atom. The molecule has 3 rings (SSSR count). The standard InChI is InChI=1S/C16H18N4O3S/c1-20-14(10-7-8-10)18-19-16(20)24-9-13(21)17-12-6-4-3-5-11(12)15(22)23-2/h3-6,10H,7-9H2,1-2H3,(H,17,21). The molecular weight excluding hydrogens is 328 g/mol. The van der Waals surface area contributed by atoms with Gasteiger partial charge >= 0.3 is 5.97 Å². The number of nitrogens with zero attached hydrogens (tertiary/aromatic N) is 3. The normalized spacial score (nSPS) is 13.6. The predicted octanol–water partition coefficient (Wildman–Crippen LogP) is 2.21. The van der Waals surface area contributed by atoms with Gasteiger partial charge in [-0.2, -0.15) is 0 Å². The van der Waals surface area contributed by atoms with Crippen molar-refractivity contribution in [1.82, 2.24) is 14.8 Å². The van der Waals surface area contributed by atoms with Crippen LogP contribution in [0.1, 0.15) is 34.9 Å². The second-order valence-electron chi connectivity index (χ2n) is 5.55. The van der Waals surface area contributed by atoms with E-state index in [1.54, 1.807) is 24.3 Å². The van der Waals surface area contributed by atoms with Gasteiger partial charge in [0.2, 0.25) is 5.91 Å². The second-order valence-corrected chi connectivity index (χ2v) is 6.49. The van der Waals surface area contributed by atoms with Gasteiger partial charge in [0.15, 0.2) is 5.16 Å². The molecule has 0 saturated heterocycles. The van der Waals surface area contributed by atoms with Gasteiger partial charge in [0, 0.05) is 13.0 Å². The van der Waals surface area contributed by atoms with Crippen molar-refractivity contribution in [1.29, 1.82) is 0 Å². The zero-order chi connectivity index (χ0) is 17.1. The van der Waals surface area contributed by atoms with Crippen molar-refractivity contribution in [3.8, 4) is 0 Å². The Hall–Kier alpha value is -2.35. The fourth-order valence-corrected chi connectivity index (χ4v) is 3.06. The molecule has 8 heteroatoms. The van der Waals surface area contributed by atoms with Gasteiger partial charge in [-0.15, -0.1) is 10.2 Å². The van der Waals surface area contributed by atoms with Gasteiger partial charge in [-0.3, -0.25) is 4.79 Å². The number of thioether (sulfide) groups is 1. The van der Waals surface area contributed by atoms with Gasteiger partial charge in [0.1, 0.15) is 5.82 Å². The lowest BCUT2D eigenvalue weighted by Gasteiger charge is -2.09. The molecule has 1 aliphatic carbocycles. The van der Waals surface area contributed by atoms with Crippen LogP contribution < -0.4 is 5.32 Å². The zero-order valence-corrected chi connectivity index (χ0v) is 14.3. The summed E-state index contributed by atoms with van der Waals surface area (Å²) in [6.45, 7) is 0. The smallest absolute Gasteiger partial charge is 0.339 e. The molecule has 1 N–H and O–H groups in total. The summed E-state index contributed by atoms with van der Waals surface area (Å²) in [6, 6.07) is 6.75. The van der Waals surface area contributed by atoms with Crippen LogP contribution in [0.2, 0.25) is 0 Å². The molecule has 7 nitrogen and oxygen atoms in total. The number of methoxy groups -OCH3 is 1. The number of benzene rings is 1. The molecule has 24 heavy (non-hydrogen) atoms. The van der Waals surface area contributed by atoms with Crippen LogP contribution in [0.3, 0.4) is 0 Å². The first kappa shape index (κ1) is 16.5. The first-order chi connectivity index (χ1) is 11.6. The molecule has 0 atom stereocenters. The topological polar surface area (TPSA) is 86.1 Å². The van der Waals surface area contributed by atoms with Crippen molar-refractivity contribution >= 4 is 29.3 Å². The van der Waals surface area contributed by atoms with Crippen molar-refractivity contribution in [3.05, 3.63) is 35.7 Å². The lowest BCUT2D eigenvalue weighted by molar-refractivity contribution is -0.113. The Bertz CT molecular complexity index is 770. The maximum atomic E-state index is 12.2. The van der Waals surface area contributed by atoms with E-state index in [4.69, 9.17) is 4.74 Å². The van der Waals surface area contributed by atoms with E-state index in [9.17, 15) is 9.59 Å². The number of esters is 1. The van der Waals surface area contributed by atoms with Crippen LogP contribution in [0.4, 0.5) is 5.69 Å². The minimum absolute atomic E-state index is 0.187. The number of anilines is 1. The van der Waals surface area contributed by atoms with Gasteiger partial charge in [0.05, 0.1) is 24.1 Å². The summed E-state index contributed by atoms with van der Waals surface area (Å²) in [5, 5.41) is 11.8. The molecule has 2 aromatic rings. The van der Waals surface area contributed by atoms with Gasteiger partial charge in [0.25, 0.3) is 0 Å². The Kier molecular flexibility index (Phi) is 4.84. The van der Waals surface area contributed by atoms with Crippen LogP contribution in [0.25, 0.3) is 0 Å². The molecule has 1 amide bonds. The second kappa shape index (κ2) is 7.04. The van der Waals surface area contributed by atoms with E-state index in [0.717, 1.165) is 18.7 Å². The fraction of sp³-hybridized carbons (Fsp3) is 0.375. The highest BCUT2D eigenvalue weighted by atomic mass is 32.2. The molecule has 0 aliphatic heterocycles. The highest BCUT2D eigenvalue weighted by molar-refractivity contribution is 7.99. The van der Waals surface area contributed by atoms with E-state index in [-0.39, 0.29) is 11.7 Å². The first-order valence-corrected chi connectivity index (χ1v) is 8.58. The molecule has 1 aliphatic rings. The molecule has 1 fully saturated rings. The third-order valence-electron chi connectivity index (χ3n) is 3.75. The van der Waals surface area contributed by atoms with E-state index in [2.05, 4.69) is 15.5 Å². The number of amides is 1. The summed E-state index contributed by atoms with van der Waals surface area (Å²) >= 11 is 1.32. The van der Waals surface area contributed by atoms with E-state index < -0.39 is 5.97 Å². The SMILES string of the molecule is COC(=O)c1ccccc1NC(=O)CSc1nnc(C2CC2)n1C. The van der Waals surface area contributed by atoms with Crippen LogP contribution in [0.5, 0.6) is 0 Å². The highest BCUT2D eigenvalue weighted by Gasteiger charge is 2.29. The number of ether oxygens (including phenoxy) is 1. The van der Waals surface area contributed by atoms with Crippen molar-refractivity contribution < 1.29 is 14.3 Å². The predicted molar refractivity (Wildman–Crippen MR) is 90.1 cm³/mol. The summed E-state index contributed by atoms with van der Waals surface area (Å²) in [4.78, 5) is 23.9. The maximum Gasteiger partial charge on any atom is 0.339 e. The van der Waals surface area contributed by atoms with Crippen LogP contribution in [-0.4, -0.2) is 39.5 Å². The van der Waals surface area contributed by atoms with Crippen LogP contribution >= 0.6 is 11.8 Å². The Labute approximate surface area is 143 Å². The number of para-hydroxylation sites is 1. The van der Waals surface area contributed by atoms with E-state index in [1.807, 2.05) is 11.6 Å². The molecular formula is C16H18N4O3S. The van der Waals surface area contributed by atoms with Crippen molar-refractivity contribution in [3.63, 3.8) is 0 Å². The lowest BCUT2D eigenvalue weighted by atomic mass is 10.2. The van der Waals surface area contributed by atoms with Crippen LogP contribution in [0, 0.1) is 0 Å². The van der Waals surface area contributed by atoms with Crippen molar-refractivity contribution in [2.45, 2.75) is 23.9 Å². The van der Waals surface area contributed by atoms with Gasteiger partial charge in [-0.25, -0.2) is 4.79 Å². The quantitative estimate of drug-likeness (QED) is 0.637. The minimum atomic E-state index is -0.485. The molecule has 0 spiro atoms. The molecule has 1 aromatic carbocycles. The highest BCUT2D eigenvalue weighted by Crippen LogP contribution is 2.39. The minimum Gasteiger partial charge on any atom is -0.465 e. The molecule has 0 radical (unpaired) electrons. The average molecular weight is 346 g/mol. The Morgan fingerprint density at radius 2 is 2.08 bits per heavy atom. The largest absolute Gasteiger partial charge is 0.465 e. The van der Waals surface area contributed by atoms with Crippen LogP contribution in [-0.2, 0) is 16.6 Å². The number of nitrogens with one attached hydrogen (secondary N) is 1. The first-order valence-electron chi connectivity index (χ1n) is 7.59. The van der Waals surface area contributed by atoms with Crippen LogP contribution in [0.15, 0.2) is 29.4 Å². The van der Waals surface area contributed by atoms with Gasteiger partial charge < -0.3 is 14.6 Å². The zero-order valence-electron chi connectivity index (χ0n) is 13.5. The van der Waals surface area contributed by atoms with E-state index in [1.165, 1.54) is 18.9 Å². The van der Waals surface area contributed by atoms with E-state index in [0.29, 0.717) is 22.3 Å². The molecule has 1 aromatic heterocycles. The fourth-order valence-electron chi connectivity index (χ4n) is 2.35. The molecule has 126 valence electrons. The van der Waals surface area contributed by atoms with Crippen molar-refractivity contribution in [2.24, 2.45) is 7.05 Å². The summed E-state index contributed by atoms with van der Waals surface area (Å²) < 4.78 is 6.66. The number of hydrogen-bond donors (Lipinski definition) is 1. The third kappa shape index (κ3) is 3.59. The monoisotopic (exact) mass is 346 g/mol. The number of hydrogen-bond acceptors (Lipinski definition) is 6. The molecule has 1 saturated carbocycles. The van der Waals surface area contributed by atoms with E-state index >= 15 is 0 Å². The summed E-state index contributed by atoms with van der Waals surface area (Å²) in [5.41, 5.74) is 0.764. The van der Waals surface area contributed by atoms with Crippen molar-refractivity contribution in [2.75, 3.05) is 18.2 Å². The summed E-state index contributed by atoms with van der Waals surface area (Å²) in [7, 11) is 3.22. The number of rotatable bonds is 6.